The topological polar surface area (TPSA) is 75.3 Å². The van der Waals surface area contributed by atoms with Crippen molar-refractivity contribution in [2.24, 2.45) is 0 Å². The van der Waals surface area contributed by atoms with Crippen LogP contribution in [-0.2, 0) is 15.4 Å². The molecular formula is C21H25BrN2O3S. The predicted molar refractivity (Wildman–Crippen MR) is 114 cm³/mol. The molecule has 0 heterocycles. The SMILES string of the molecule is Cc1ccc(S(=O)(=O)NC2CC2)cc1C(=O)NCC(C)(C)c1ccc(Br)cc1. The van der Waals surface area contributed by atoms with Gasteiger partial charge in [0.1, 0.15) is 0 Å². The van der Waals surface area contributed by atoms with Gasteiger partial charge in [-0.25, -0.2) is 13.1 Å². The summed E-state index contributed by atoms with van der Waals surface area (Å²) in [5, 5.41) is 2.96. The molecule has 1 amide bonds. The number of nitrogens with one attached hydrogen (secondary N) is 2. The van der Waals surface area contributed by atoms with E-state index in [0.717, 1.165) is 28.4 Å². The van der Waals surface area contributed by atoms with Crippen LogP contribution in [0.3, 0.4) is 0 Å². The number of carbonyl (C=O) groups excluding carboxylic acids is 1. The van der Waals surface area contributed by atoms with Crippen molar-refractivity contribution in [2.75, 3.05) is 6.54 Å². The molecule has 1 aliphatic carbocycles. The summed E-state index contributed by atoms with van der Waals surface area (Å²) in [4.78, 5) is 12.9. The lowest BCUT2D eigenvalue weighted by atomic mass is 9.84. The Morgan fingerprint density at radius 3 is 2.39 bits per heavy atom. The van der Waals surface area contributed by atoms with Gasteiger partial charge in [-0.3, -0.25) is 4.79 Å². The lowest BCUT2D eigenvalue weighted by Gasteiger charge is -2.26. The average Bonchev–Trinajstić information content (AvgIpc) is 3.43. The van der Waals surface area contributed by atoms with Crippen LogP contribution in [0.15, 0.2) is 51.8 Å². The number of sulfonamides is 1. The van der Waals surface area contributed by atoms with Crippen molar-refractivity contribution in [3.05, 3.63) is 63.6 Å². The first-order chi connectivity index (χ1) is 13.1. The summed E-state index contributed by atoms with van der Waals surface area (Å²) in [6, 6.07) is 12.7. The van der Waals surface area contributed by atoms with E-state index in [9.17, 15) is 13.2 Å². The Labute approximate surface area is 175 Å². The third-order valence-corrected chi connectivity index (χ3v) is 7.03. The number of carbonyl (C=O) groups is 1. The van der Waals surface area contributed by atoms with Gasteiger partial charge < -0.3 is 5.32 Å². The van der Waals surface area contributed by atoms with Crippen molar-refractivity contribution >= 4 is 31.9 Å². The molecule has 0 unspecified atom stereocenters. The van der Waals surface area contributed by atoms with Crippen LogP contribution in [0.5, 0.6) is 0 Å². The highest BCUT2D eigenvalue weighted by molar-refractivity contribution is 9.10. The fourth-order valence-corrected chi connectivity index (χ4v) is 4.50. The molecule has 1 saturated carbocycles. The van der Waals surface area contributed by atoms with E-state index in [-0.39, 0.29) is 22.3 Å². The first-order valence-electron chi connectivity index (χ1n) is 9.26. The van der Waals surface area contributed by atoms with Gasteiger partial charge >= 0.3 is 0 Å². The third kappa shape index (κ3) is 5.01. The van der Waals surface area contributed by atoms with E-state index in [0.29, 0.717) is 12.1 Å². The summed E-state index contributed by atoms with van der Waals surface area (Å²) in [7, 11) is -3.59. The van der Waals surface area contributed by atoms with Crippen LogP contribution in [-0.4, -0.2) is 26.9 Å². The molecule has 0 aromatic heterocycles. The van der Waals surface area contributed by atoms with Crippen molar-refractivity contribution in [2.45, 2.75) is 50.0 Å². The highest BCUT2D eigenvalue weighted by Gasteiger charge is 2.29. The van der Waals surface area contributed by atoms with Crippen molar-refractivity contribution in [3.8, 4) is 0 Å². The molecule has 0 atom stereocenters. The zero-order valence-corrected chi connectivity index (χ0v) is 18.7. The van der Waals surface area contributed by atoms with Gasteiger partial charge in [0.15, 0.2) is 0 Å². The normalized spacial score (nSPS) is 14.7. The van der Waals surface area contributed by atoms with Crippen LogP contribution in [0.1, 0.15) is 48.2 Å². The number of aryl methyl sites for hydroxylation is 1. The quantitative estimate of drug-likeness (QED) is 0.651. The lowest BCUT2D eigenvalue weighted by Crippen LogP contribution is -2.37. The molecule has 0 spiro atoms. The smallest absolute Gasteiger partial charge is 0.251 e. The summed E-state index contributed by atoms with van der Waals surface area (Å²) in [5.41, 5.74) is 1.97. The Hall–Kier alpha value is -1.70. The molecule has 1 aliphatic rings. The van der Waals surface area contributed by atoms with Crippen molar-refractivity contribution in [1.29, 1.82) is 0 Å². The first kappa shape index (κ1) is 21.0. The molecule has 0 radical (unpaired) electrons. The van der Waals surface area contributed by atoms with E-state index in [1.165, 1.54) is 6.07 Å². The molecule has 3 rings (SSSR count). The molecule has 0 saturated heterocycles. The summed E-state index contributed by atoms with van der Waals surface area (Å²) in [6.45, 7) is 6.36. The van der Waals surface area contributed by atoms with Crippen molar-refractivity contribution in [1.82, 2.24) is 10.0 Å². The predicted octanol–water partition coefficient (Wildman–Crippen LogP) is 3.91. The summed E-state index contributed by atoms with van der Waals surface area (Å²) in [5.74, 6) is -0.272. The van der Waals surface area contributed by atoms with Crippen LogP contribution in [0.4, 0.5) is 0 Å². The Morgan fingerprint density at radius 2 is 1.79 bits per heavy atom. The van der Waals surface area contributed by atoms with E-state index in [1.807, 2.05) is 24.3 Å². The minimum absolute atomic E-state index is 0.0234. The second-order valence-electron chi connectivity index (χ2n) is 7.95. The Balaban J connectivity index is 1.74. The number of halogens is 1. The summed E-state index contributed by atoms with van der Waals surface area (Å²) >= 11 is 3.43. The van der Waals surface area contributed by atoms with E-state index in [2.05, 4.69) is 39.8 Å². The molecule has 150 valence electrons. The zero-order valence-electron chi connectivity index (χ0n) is 16.3. The number of benzene rings is 2. The average molecular weight is 465 g/mol. The van der Waals surface area contributed by atoms with E-state index in [1.54, 1.807) is 19.1 Å². The van der Waals surface area contributed by atoms with Crippen molar-refractivity contribution < 1.29 is 13.2 Å². The molecule has 28 heavy (non-hydrogen) atoms. The fourth-order valence-electron chi connectivity index (χ4n) is 2.90. The number of rotatable bonds is 7. The van der Waals surface area contributed by atoms with Gasteiger partial charge in [0.2, 0.25) is 10.0 Å². The maximum atomic E-state index is 12.8. The fraction of sp³-hybridized carbons (Fsp3) is 0.381. The molecule has 5 nitrogen and oxygen atoms in total. The van der Waals surface area contributed by atoms with Crippen LogP contribution in [0.25, 0.3) is 0 Å². The van der Waals surface area contributed by atoms with Gasteiger partial charge in [-0.05, 0) is 55.2 Å². The monoisotopic (exact) mass is 464 g/mol. The molecule has 2 aromatic carbocycles. The lowest BCUT2D eigenvalue weighted by molar-refractivity contribution is 0.0945. The highest BCUT2D eigenvalue weighted by atomic mass is 79.9. The number of hydrogen-bond acceptors (Lipinski definition) is 3. The van der Waals surface area contributed by atoms with Gasteiger partial charge in [0.05, 0.1) is 4.90 Å². The minimum atomic E-state index is -3.59. The standard InChI is InChI=1S/C21H25BrN2O3S/c1-14-4-11-18(28(26,27)24-17-9-10-17)12-19(14)20(25)23-13-21(2,3)15-5-7-16(22)8-6-15/h4-8,11-12,17,24H,9-10,13H2,1-3H3,(H,23,25). The molecule has 0 aliphatic heterocycles. The third-order valence-electron chi connectivity index (χ3n) is 4.98. The summed E-state index contributed by atoms with van der Waals surface area (Å²) in [6.07, 6.45) is 1.73. The van der Waals surface area contributed by atoms with Gasteiger partial charge in [-0.15, -0.1) is 0 Å². The van der Waals surface area contributed by atoms with Crippen LogP contribution < -0.4 is 10.0 Å². The molecule has 0 bridgehead atoms. The molecule has 7 heteroatoms. The number of hydrogen-bond donors (Lipinski definition) is 2. The van der Waals surface area contributed by atoms with Gasteiger partial charge in [-0.2, -0.15) is 0 Å². The molecule has 2 N–H and O–H groups in total. The van der Waals surface area contributed by atoms with Gasteiger partial charge in [0.25, 0.3) is 5.91 Å². The maximum Gasteiger partial charge on any atom is 0.251 e. The number of amides is 1. The Kier molecular flexibility index (Phi) is 5.98. The second kappa shape index (κ2) is 7.97. The second-order valence-corrected chi connectivity index (χ2v) is 10.6. The van der Waals surface area contributed by atoms with E-state index >= 15 is 0 Å². The Morgan fingerprint density at radius 1 is 1.14 bits per heavy atom. The minimum Gasteiger partial charge on any atom is -0.351 e. The first-order valence-corrected chi connectivity index (χ1v) is 11.5. The molecule has 1 fully saturated rings. The molecule has 2 aromatic rings. The highest BCUT2D eigenvalue weighted by Crippen LogP contribution is 2.25. The Bertz CT molecular complexity index is 981. The van der Waals surface area contributed by atoms with Gasteiger partial charge in [-0.1, -0.05) is 48.0 Å². The van der Waals surface area contributed by atoms with Crippen molar-refractivity contribution in [3.63, 3.8) is 0 Å². The maximum absolute atomic E-state index is 12.8. The van der Waals surface area contributed by atoms with E-state index in [4.69, 9.17) is 0 Å². The van der Waals surface area contributed by atoms with E-state index < -0.39 is 10.0 Å². The summed E-state index contributed by atoms with van der Waals surface area (Å²) < 4.78 is 28.6. The van der Waals surface area contributed by atoms with Crippen LogP contribution in [0.2, 0.25) is 0 Å². The largest absolute Gasteiger partial charge is 0.351 e. The molecular weight excluding hydrogens is 440 g/mol. The zero-order chi connectivity index (χ0) is 20.5. The van der Waals surface area contributed by atoms with Gasteiger partial charge in [0, 0.05) is 28.0 Å². The van der Waals surface area contributed by atoms with Crippen LogP contribution in [0, 0.1) is 6.92 Å². The van der Waals surface area contributed by atoms with Crippen LogP contribution >= 0.6 is 15.9 Å².